The second kappa shape index (κ2) is 8.94. The van der Waals surface area contributed by atoms with E-state index >= 15 is 0 Å². The van der Waals surface area contributed by atoms with Gasteiger partial charge in [-0.1, -0.05) is 30.3 Å². The van der Waals surface area contributed by atoms with Gasteiger partial charge in [0.25, 0.3) is 0 Å². The zero-order chi connectivity index (χ0) is 24.7. The molecule has 0 bridgehead atoms. The minimum atomic E-state index is -3.54. The molecule has 0 aliphatic heterocycles. The Kier molecular flexibility index (Phi) is 5.94. The van der Waals surface area contributed by atoms with Gasteiger partial charge < -0.3 is 9.88 Å². The number of imidazole rings is 1. The predicted octanol–water partition coefficient (Wildman–Crippen LogP) is 4.45. The summed E-state index contributed by atoms with van der Waals surface area (Å²) in [7, 11) is -0.525. The summed E-state index contributed by atoms with van der Waals surface area (Å²) in [6, 6.07) is 19.5. The van der Waals surface area contributed by atoms with Crippen LogP contribution < -0.4 is 5.32 Å². The van der Waals surface area contributed by atoms with Crippen molar-refractivity contribution >= 4 is 32.7 Å². The fourth-order valence-electron chi connectivity index (χ4n) is 4.75. The molecule has 1 N–H and O–H groups in total. The Morgan fingerprint density at radius 1 is 1.03 bits per heavy atom. The number of hydrogen-bond acceptors (Lipinski definition) is 4. The third kappa shape index (κ3) is 4.24. The van der Waals surface area contributed by atoms with E-state index in [-0.39, 0.29) is 17.2 Å². The second-order valence-corrected chi connectivity index (χ2v) is 11.1. The van der Waals surface area contributed by atoms with Gasteiger partial charge in [-0.3, -0.25) is 4.79 Å². The lowest BCUT2D eigenvalue weighted by atomic mass is 10.1. The third-order valence-corrected chi connectivity index (χ3v) is 8.36. The largest absolute Gasteiger partial charge is 0.328 e. The first-order valence-corrected chi connectivity index (χ1v) is 13.1. The molecule has 0 atom stereocenters. The summed E-state index contributed by atoms with van der Waals surface area (Å²) in [6.07, 6.45) is 1.62. The predicted molar refractivity (Wildman–Crippen MR) is 138 cm³/mol. The Labute approximate surface area is 205 Å². The molecule has 0 fully saturated rings. The average Bonchev–Trinajstić information content (AvgIpc) is 3.39. The molecule has 0 spiro atoms. The normalized spacial score (nSPS) is 12.7. The summed E-state index contributed by atoms with van der Waals surface area (Å²) in [4.78, 5) is 17.6. The second-order valence-electron chi connectivity index (χ2n) is 8.96. The number of anilines is 1. The number of nitrogens with one attached hydrogen (secondary N) is 1. The lowest BCUT2D eigenvalue weighted by Gasteiger charge is -2.11. The highest BCUT2D eigenvalue weighted by Crippen LogP contribution is 2.37. The quantitative estimate of drug-likeness (QED) is 0.367. The fraction of sp³-hybridized carbons (Fsp3) is 0.259. The standard InChI is InChI=1S/C27H28N4O3S/c1-4-31-25-12-10-21(35(33,34)30(2)3)17-24(25)29-26(31)13-14-27(32)28-20-9-11-23-19(16-20)15-18-7-5-6-8-22(18)23/h5-12,16-17H,4,13-15H2,1-3H3,(H,28,32). The van der Waals surface area contributed by atoms with Crippen LogP contribution in [0.3, 0.4) is 0 Å². The molecule has 0 radical (unpaired) electrons. The number of amides is 1. The number of benzene rings is 3. The van der Waals surface area contributed by atoms with Gasteiger partial charge in [-0.25, -0.2) is 17.7 Å². The first-order valence-electron chi connectivity index (χ1n) is 11.7. The van der Waals surface area contributed by atoms with Crippen molar-refractivity contribution in [1.82, 2.24) is 13.9 Å². The molecule has 0 saturated carbocycles. The number of hydrogen-bond donors (Lipinski definition) is 1. The van der Waals surface area contributed by atoms with Gasteiger partial charge in [-0.05, 0) is 65.9 Å². The van der Waals surface area contributed by atoms with Crippen LogP contribution in [0.15, 0.2) is 65.6 Å². The molecule has 4 aromatic rings. The van der Waals surface area contributed by atoms with E-state index in [1.54, 1.807) is 18.2 Å². The number of nitrogens with zero attached hydrogens (tertiary/aromatic N) is 3. The van der Waals surface area contributed by atoms with Gasteiger partial charge in [0.05, 0.1) is 15.9 Å². The van der Waals surface area contributed by atoms with Crippen molar-refractivity contribution in [3.8, 4) is 11.1 Å². The van der Waals surface area contributed by atoms with Crippen molar-refractivity contribution in [3.05, 3.63) is 77.6 Å². The van der Waals surface area contributed by atoms with Crippen molar-refractivity contribution in [2.75, 3.05) is 19.4 Å². The van der Waals surface area contributed by atoms with Gasteiger partial charge >= 0.3 is 0 Å². The van der Waals surface area contributed by atoms with E-state index in [4.69, 9.17) is 0 Å². The Hall–Kier alpha value is -3.49. The van der Waals surface area contributed by atoms with Gasteiger partial charge in [0, 0.05) is 39.2 Å². The molecule has 5 rings (SSSR count). The highest BCUT2D eigenvalue weighted by Gasteiger charge is 2.21. The Morgan fingerprint density at radius 3 is 2.57 bits per heavy atom. The van der Waals surface area contributed by atoms with E-state index in [1.165, 1.54) is 40.7 Å². The van der Waals surface area contributed by atoms with Crippen LogP contribution in [0.4, 0.5) is 5.69 Å². The molecule has 1 aliphatic rings. The maximum absolute atomic E-state index is 12.7. The monoisotopic (exact) mass is 488 g/mol. The van der Waals surface area contributed by atoms with E-state index in [2.05, 4.69) is 46.7 Å². The lowest BCUT2D eigenvalue weighted by molar-refractivity contribution is -0.116. The van der Waals surface area contributed by atoms with Crippen LogP contribution in [0.5, 0.6) is 0 Å². The highest BCUT2D eigenvalue weighted by molar-refractivity contribution is 7.89. The van der Waals surface area contributed by atoms with E-state index in [1.807, 2.05) is 17.6 Å². The smallest absolute Gasteiger partial charge is 0.242 e. The molecular weight excluding hydrogens is 460 g/mol. The van der Waals surface area contributed by atoms with Crippen molar-refractivity contribution in [3.63, 3.8) is 0 Å². The first-order chi connectivity index (χ1) is 16.8. The van der Waals surface area contributed by atoms with Gasteiger partial charge in [0.15, 0.2) is 0 Å². The molecule has 1 aliphatic carbocycles. The molecule has 0 saturated heterocycles. The van der Waals surface area contributed by atoms with E-state index in [0.29, 0.717) is 18.5 Å². The molecule has 3 aromatic carbocycles. The van der Waals surface area contributed by atoms with Crippen LogP contribution in [-0.2, 0) is 34.2 Å². The molecule has 1 aromatic heterocycles. The summed E-state index contributed by atoms with van der Waals surface area (Å²) in [5.41, 5.74) is 7.30. The van der Waals surface area contributed by atoms with Crippen LogP contribution in [0.1, 0.15) is 30.3 Å². The summed E-state index contributed by atoms with van der Waals surface area (Å²) in [6.45, 7) is 2.69. The SMILES string of the molecule is CCn1c(CCC(=O)Nc2ccc3c(c2)Cc2ccccc2-3)nc2cc(S(=O)(=O)N(C)C)ccc21. The molecule has 7 nitrogen and oxygen atoms in total. The van der Waals surface area contributed by atoms with Crippen LogP contribution in [0.25, 0.3) is 22.2 Å². The molecule has 180 valence electrons. The van der Waals surface area contributed by atoms with Crippen LogP contribution in [0, 0.1) is 0 Å². The number of rotatable bonds is 7. The molecular formula is C27H28N4O3S. The average molecular weight is 489 g/mol. The highest BCUT2D eigenvalue weighted by atomic mass is 32.2. The minimum Gasteiger partial charge on any atom is -0.328 e. The van der Waals surface area contributed by atoms with Crippen LogP contribution >= 0.6 is 0 Å². The summed E-state index contributed by atoms with van der Waals surface area (Å²) >= 11 is 0. The first kappa shape index (κ1) is 23.3. The van der Waals surface area contributed by atoms with Crippen molar-refractivity contribution < 1.29 is 13.2 Å². The maximum atomic E-state index is 12.7. The molecule has 35 heavy (non-hydrogen) atoms. The van der Waals surface area contributed by atoms with Crippen molar-refractivity contribution in [2.45, 2.75) is 37.6 Å². The molecule has 1 heterocycles. The number of carbonyl (C=O) groups excluding carboxylic acids is 1. The van der Waals surface area contributed by atoms with Gasteiger partial charge in [-0.2, -0.15) is 0 Å². The molecule has 8 heteroatoms. The van der Waals surface area contributed by atoms with Crippen molar-refractivity contribution in [1.29, 1.82) is 0 Å². The van der Waals surface area contributed by atoms with Crippen LogP contribution in [-0.4, -0.2) is 42.3 Å². The summed E-state index contributed by atoms with van der Waals surface area (Å²) in [5, 5.41) is 3.02. The van der Waals surface area contributed by atoms with Gasteiger partial charge in [0.2, 0.25) is 15.9 Å². The van der Waals surface area contributed by atoms with Gasteiger partial charge in [-0.15, -0.1) is 0 Å². The zero-order valence-corrected chi connectivity index (χ0v) is 20.9. The maximum Gasteiger partial charge on any atom is 0.242 e. The van der Waals surface area contributed by atoms with E-state index in [9.17, 15) is 13.2 Å². The number of carbonyl (C=O) groups is 1. The number of aromatic nitrogens is 2. The molecule has 1 amide bonds. The van der Waals surface area contributed by atoms with Crippen LogP contribution in [0.2, 0.25) is 0 Å². The Morgan fingerprint density at radius 2 is 1.80 bits per heavy atom. The van der Waals surface area contributed by atoms with Crippen molar-refractivity contribution in [2.24, 2.45) is 0 Å². The number of aryl methyl sites for hydroxylation is 2. The Balaban J connectivity index is 1.30. The zero-order valence-electron chi connectivity index (χ0n) is 20.1. The van der Waals surface area contributed by atoms with Gasteiger partial charge in [0.1, 0.15) is 5.82 Å². The molecule has 0 unspecified atom stereocenters. The third-order valence-electron chi connectivity index (χ3n) is 6.55. The lowest BCUT2D eigenvalue weighted by Crippen LogP contribution is -2.22. The summed E-state index contributed by atoms with van der Waals surface area (Å²) in [5.74, 6) is 0.687. The number of fused-ring (bicyclic) bond motifs is 4. The number of sulfonamides is 1. The van der Waals surface area contributed by atoms with E-state index in [0.717, 1.165) is 23.4 Å². The topological polar surface area (TPSA) is 84.3 Å². The minimum absolute atomic E-state index is 0.0777. The summed E-state index contributed by atoms with van der Waals surface area (Å²) < 4.78 is 28.2. The Bertz CT molecular complexity index is 1550. The van der Waals surface area contributed by atoms with E-state index < -0.39 is 10.0 Å². The fourth-order valence-corrected chi connectivity index (χ4v) is 5.67.